The van der Waals surface area contributed by atoms with E-state index in [0.717, 1.165) is 0 Å². The Morgan fingerprint density at radius 1 is 1.40 bits per heavy atom. The highest BCUT2D eigenvalue weighted by atomic mass is 19.1. The maximum atomic E-state index is 12.5. The number of carbonyl (C=O) groups is 1. The van der Waals surface area contributed by atoms with E-state index >= 15 is 0 Å². The molecule has 1 amide bonds. The molecular formula is C7H6FNO. The molecule has 0 unspecified atom stereocenters. The van der Waals surface area contributed by atoms with E-state index in [1.807, 2.05) is 0 Å². The van der Waals surface area contributed by atoms with Crippen LogP contribution in [-0.2, 0) is 0 Å². The summed E-state index contributed by atoms with van der Waals surface area (Å²) in [5, 5.41) is 0. The molecule has 0 saturated carbocycles. The van der Waals surface area contributed by atoms with Crippen LogP contribution >= 0.6 is 0 Å². The molecule has 0 bridgehead atoms. The van der Waals surface area contributed by atoms with Gasteiger partial charge in [-0.05, 0) is 12.1 Å². The number of hydrogen-bond acceptors (Lipinski definition) is 1. The largest absolute Gasteiger partial charge is 0.366 e. The van der Waals surface area contributed by atoms with Gasteiger partial charge in [0.25, 0.3) is 5.91 Å². The highest BCUT2D eigenvalue weighted by Crippen LogP contribution is 2.03. The molecule has 2 N–H and O–H groups in total. The minimum atomic E-state index is -0.738. The highest BCUT2D eigenvalue weighted by Gasteiger charge is 2.04. The van der Waals surface area contributed by atoms with Crippen LogP contribution in [-0.4, -0.2) is 5.91 Å². The normalized spacial score (nSPS) is 9.30. The Kier molecular flexibility index (Phi) is 1.67. The highest BCUT2D eigenvalue weighted by molar-refractivity contribution is 5.92. The van der Waals surface area contributed by atoms with Gasteiger partial charge in [-0.2, -0.15) is 0 Å². The molecule has 10 heavy (non-hydrogen) atoms. The van der Waals surface area contributed by atoms with Gasteiger partial charge >= 0.3 is 0 Å². The predicted octanol–water partition coefficient (Wildman–Crippen LogP) is 0.925. The number of carbonyl (C=O) groups excluding carboxylic acids is 1. The lowest BCUT2D eigenvalue weighted by atomic mass is 10.2. The zero-order valence-electron chi connectivity index (χ0n) is 5.17. The first-order chi connectivity index (χ1) is 4.72. The first-order valence-electron chi connectivity index (χ1n) is 2.76. The van der Waals surface area contributed by atoms with E-state index < -0.39 is 11.7 Å². The van der Waals surface area contributed by atoms with E-state index in [1.165, 1.54) is 18.2 Å². The smallest absolute Gasteiger partial charge is 0.251 e. The molecule has 0 aliphatic rings. The second-order valence-electron chi connectivity index (χ2n) is 1.84. The molecule has 0 atom stereocenters. The molecule has 52 valence electrons. The second kappa shape index (κ2) is 2.47. The number of halogens is 1. The molecule has 3 heteroatoms. The Balaban J connectivity index is 3.15. The fraction of sp³-hybridized carbons (Fsp3) is 0. The van der Waals surface area contributed by atoms with E-state index in [-0.39, 0.29) is 5.56 Å². The SMILES string of the molecule is NC(=O)c1ccccc1F. The van der Waals surface area contributed by atoms with Crippen LogP contribution < -0.4 is 5.73 Å². The summed E-state index contributed by atoms with van der Waals surface area (Å²) in [5.74, 6) is -1.31. The van der Waals surface area contributed by atoms with Crippen LogP contribution in [0.5, 0.6) is 0 Å². The van der Waals surface area contributed by atoms with Gasteiger partial charge in [-0.25, -0.2) is 4.39 Å². The van der Waals surface area contributed by atoms with Crippen molar-refractivity contribution in [3.8, 4) is 0 Å². The minimum Gasteiger partial charge on any atom is -0.366 e. The van der Waals surface area contributed by atoms with Gasteiger partial charge in [0.15, 0.2) is 0 Å². The number of primary amides is 1. The molecule has 1 aromatic carbocycles. The molecular weight excluding hydrogens is 133 g/mol. The summed E-state index contributed by atoms with van der Waals surface area (Å²) in [6.07, 6.45) is 0. The van der Waals surface area contributed by atoms with Crippen molar-refractivity contribution in [3.05, 3.63) is 35.6 Å². The number of hydrogen-bond donors (Lipinski definition) is 1. The molecule has 0 aromatic heterocycles. The Bertz CT molecular complexity index is 260. The van der Waals surface area contributed by atoms with E-state index in [9.17, 15) is 9.18 Å². The summed E-state index contributed by atoms with van der Waals surface area (Å²) < 4.78 is 12.5. The van der Waals surface area contributed by atoms with Crippen LogP contribution in [0.1, 0.15) is 10.4 Å². The monoisotopic (exact) mass is 139 g/mol. The van der Waals surface area contributed by atoms with E-state index in [4.69, 9.17) is 5.73 Å². The predicted molar refractivity (Wildman–Crippen MR) is 34.9 cm³/mol. The topological polar surface area (TPSA) is 43.1 Å². The van der Waals surface area contributed by atoms with Crippen LogP contribution in [0.15, 0.2) is 24.3 Å². The number of amides is 1. The molecule has 1 aromatic rings. The Labute approximate surface area is 57.5 Å². The summed E-state index contributed by atoms with van der Waals surface area (Å²) >= 11 is 0. The Hall–Kier alpha value is -1.38. The van der Waals surface area contributed by atoms with Crippen molar-refractivity contribution in [2.24, 2.45) is 5.73 Å². The average molecular weight is 139 g/mol. The lowest BCUT2D eigenvalue weighted by molar-refractivity contribution is 0.0996. The summed E-state index contributed by atoms with van der Waals surface area (Å²) in [7, 11) is 0. The maximum absolute atomic E-state index is 12.5. The van der Waals surface area contributed by atoms with Gasteiger partial charge in [0, 0.05) is 0 Å². The van der Waals surface area contributed by atoms with Crippen LogP contribution in [0.25, 0.3) is 0 Å². The Morgan fingerprint density at radius 3 is 2.40 bits per heavy atom. The van der Waals surface area contributed by atoms with Gasteiger partial charge in [0.1, 0.15) is 5.82 Å². The van der Waals surface area contributed by atoms with E-state index in [0.29, 0.717) is 0 Å². The molecule has 2 nitrogen and oxygen atoms in total. The molecule has 0 spiro atoms. The van der Waals surface area contributed by atoms with Crippen molar-refractivity contribution in [3.63, 3.8) is 0 Å². The van der Waals surface area contributed by atoms with Crippen molar-refractivity contribution in [2.75, 3.05) is 0 Å². The first kappa shape index (κ1) is 6.74. The van der Waals surface area contributed by atoms with Gasteiger partial charge in [-0.3, -0.25) is 4.79 Å². The molecule has 0 radical (unpaired) electrons. The fourth-order valence-corrected chi connectivity index (χ4v) is 0.661. The third kappa shape index (κ3) is 1.13. The number of nitrogens with two attached hydrogens (primary N) is 1. The van der Waals surface area contributed by atoms with Crippen molar-refractivity contribution in [1.82, 2.24) is 0 Å². The van der Waals surface area contributed by atoms with Crippen LogP contribution in [0.4, 0.5) is 4.39 Å². The third-order valence-corrected chi connectivity index (χ3v) is 1.14. The van der Waals surface area contributed by atoms with Gasteiger partial charge < -0.3 is 5.73 Å². The third-order valence-electron chi connectivity index (χ3n) is 1.14. The summed E-state index contributed by atoms with van der Waals surface area (Å²) in [6, 6.07) is 5.60. The number of rotatable bonds is 1. The quantitative estimate of drug-likeness (QED) is 0.617. The van der Waals surface area contributed by atoms with Gasteiger partial charge in [0.05, 0.1) is 5.56 Å². The van der Waals surface area contributed by atoms with Crippen molar-refractivity contribution in [2.45, 2.75) is 0 Å². The summed E-state index contributed by atoms with van der Waals surface area (Å²) in [6.45, 7) is 0. The second-order valence-corrected chi connectivity index (χ2v) is 1.84. The van der Waals surface area contributed by atoms with Gasteiger partial charge in [0.2, 0.25) is 0 Å². The maximum Gasteiger partial charge on any atom is 0.251 e. The standard InChI is InChI=1S/C7H6FNO/c8-6-4-2-1-3-5(6)7(9)10/h1-4H,(H2,9,10). The van der Waals surface area contributed by atoms with Crippen molar-refractivity contribution >= 4 is 5.91 Å². The van der Waals surface area contributed by atoms with E-state index in [1.54, 1.807) is 6.07 Å². The zero-order chi connectivity index (χ0) is 7.56. The van der Waals surface area contributed by atoms with Crippen molar-refractivity contribution < 1.29 is 9.18 Å². The molecule has 0 aliphatic heterocycles. The lowest BCUT2D eigenvalue weighted by Gasteiger charge is -1.94. The average Bonchev–Trinajstić information content (AvgIpc) is 1.88. The van der Waals surface area contributed by atoms with Crippen LogP contribution in [0.2, 0.25) is 0 Å². The fourth-order valence-electron chi connectivity index (χ4n) is 0.661. The first-order valence-corrected chi connectivity index (χ1v) is 2.76. The Morgan fingerprint density at radius 2 is 2.00 bits per heavy atom. The summed E-state index contributed by atoms with van der Waals surface area (Å²) in [4.78, 5) is 10.4. The minimum absolute atomic E-state index is 0.0671. The number of benzene rings is 1. The van der Waals surface area contributed by atoms with Gasteiger partial charge in [-0.1, -0.05) is 12.1 Å². The molecule has 0 heterocycles. The lowest BCUT2D eigenvalue weighted by Crippen LogP contribution is -2.12. The zero-order valence-corrected chi connectivity index (χ0v) is 5.17. The molecule has 1 rings (SSSR count). The molecule has 0 fully saturated rings. The molecule has 0 aliphatic carbocycles. The van der Waals surface area contributed by atoms with Crippen LogP contribution in [0.3, 0.4) is 0 Å². The van der Waals surface area contributed by atoms with Crippen molar-refractivity contribution in [1.29, 1.82) is 0 Å². The van der Waals surface area contributed by atoms with E-state index in [2.05, 4.69) is 0 Å². The van der Waals surface area contributed by atoms with Gasteiger partial charge in [-0.15, -0.1) is 0 Å². The summed E-state index contributed by atoms with van der Waals surface area (Å²) in [5.41, 5.74) is 4.77. The molecule has 0 saturated heterocycles. The van der Waals surface area contributed by atoms with Crippen LogP contribution in [0, 0.1) is 5.82 Å².